The van der Waals surface area contributed by atoms with Crippen molar-refractivity contribution in [1.29, 1.82) is 0 Å². The molecular formula is C18H21N3O4. The lowest BCUT2D eigenvalue weighted by Crippen LogP contribution is -2.56. The number of aryl methyl sites for hydroxylation is 1. The molecule has 7 heteroatoms. The molecule has 1 aromatic heterocycles. The Kier molecular flexibility index (Phi) is 5.14. The third kappa shape index (κ3) is 4.06. The molecule has 1 saturated heterocycles. The van der Waals surface area contributed by atoms with Gasteiger partial charge in [0.2, 0.25) is 11.8 Å². The topological polar surface area (TPSA) is 75.9 Å². The van der Waals surface area contributed by atoms with Gasteiger partial charge in [0.1, 0.15) is 24.1 Å². The summed E-state index contributed by atoms with van der Waals surface area (Å²) in [5.74, 6) is 0.335. The first-order valence-electron chi connectivity index (χ1n) is 8.13. The average molecular weight is 343 g/mol. The van der Waals surface area contributed by atoms with Crippen molar-refractivity contribution in [3.63, 3.8) is 0 Å². The molecule has 7 nitrogen and oxygen atoms in total. The Labute approximate surface area is 146 Å². The Morgan fingerprint density at radius 2 is 2.12 bits per heavy atom. The van der Waals surface area contributed by atoms with E-state index in [9.17, 15) is 9.59 Å². The Morgan fingerprint density at radius 1 is 1.36 bits per heavy atom. The van der Waals surface area contributed by atoms with E-state index >= 15 is 0 Å². The summed E-state index contributed by atoms with van der Waals surface area (Å²) in [4.78, 5) is 28.3. The van der Waals surface area contributed by atoms with Crippen LogP contribution in [0, 0.1) is 6.92 Å². The fraction of sp³-hybridized carbons (Fsp3) is 0.389. The molecule has 0 unspecified atom stereocenters. The number of rotatable bonds is 5. The molecule has 0 radical (unpaired) electrons. The summed E-state index contributed by atoms with van der Waals surface area (Å²) in [6, 6.07) is 10.8. The van der Waals surface area contributed by atoms with Crippen molar-refractivity contribution in [3.05, 3.63) is 53.4 Å². The van der Waals surface area contributed by atoms with Crippen LogP contribution in [0.15, 0.2) is 40.9 Å². The summed E-state index contributed by atoms with van der Waals surface area (Å²) in [7, 11) is 1.69. The third-order valence-corrected chi connectivity index (χ3v) is 4.13. The zero-order chi connectivity index (χ0) is 17.8. The van der Waals surface area contributed by atoms with Crippen LogP contribution in [0.5, 0.6) is 0 Å². The summed E-state index contributed by atoms with van der Waals surface area (Å²) < 4.78 is 10.3. The van der Waals surface area contributed by atoms with Gasteiger partial charge in [-0.2, -0.15) is 0 Å². The van der Waals surface area contributed by atoms with Crippen molar-refractivity contribution in [3.8, 4) is 0 Å². The van der Waals surface area contributed by atoms with Crippen LogP contribution in [-0.2, 0) is 27.4 Å². The van der Waals surface area contributed by atoms with Gasteiger partial charge in [0.05, 0.1) is 13.2 Å². The fourth-order valence-corrected chi connectivity index (χ4v) is 2.86. The van der Waals surface area contributed by atoms with Crippen LogP contribution in [0.1, 0.15) is 17.0 Å². The highest BCUT2D eigenvalue weighted by Crippen LogP contribution is 2.16. The van der Waals surface area contributed by atoms with Gasteiger partial charge in [0.25, 0.3) is 0 Å². The Balaban J connectivity index is 1.72. The molecule has 2 aromatic rings. The molecule has 2 amide bonds. The molecule has 1 aliphatic rings. The second kappa shape index (κ2) is 7.48. The minimum absolute atomic E-state index is 0.00279. The van der Waals surface area contributed by atoms with Gasteiger partial charge >= 0.3 is 0 Å². The zero-order valence-electron chi connectivity index (χ0n) is 14.3. The Morgan fingerprint density at radius 3 is 2.80 bits per heavy atom. The summed E-state index contributed by atoms with van der Waals surface area (Å²) in [5.41, 5.74) is 1.65. The minimum Gasteiger partial charge on any atom is -0.369 e. The number of carbonyl (C=O) groups excluding carboxylic acids is 2. The highest BCUT2D eigenvalue weighted by atomic mass is 16.5. The number of ether oxygens (including phenoxy) is 1. The van der Waals surface area contributed by atoms with Gasteiger partial charge in [-0.15, -0.1) is 0 Å². The first kappa shape index (κ1) is 17.2. The average Bonchev–Trinajstić information content (AvgIpc) is 3.02. The van der Waals surface area contributed by atoms with Crippen molar-refractivity contribution < 1.29 is 18.8 Å². The quantitative estimate of drug-likeness (QED) is 0.819. The number of carbonyl (C=O) groups is 2. The number of nitrogens with zero attached hydrogens (tertiary/aromatic N) is 3. The standard InChI is InChI=1S/C18H21N3O4/c1-13-8-15(19-25-13)10-20(2)18(23)16-11-24-12-17(22)21(16)9-14-6-4-3-5-7-14/h3-8,16H,9-12H2,1-2H3/t16-/m0/s1. The first-order chi connectivity index (χ1) is 12.0. The molecule has 1 fully saturated rings. The highest BCUT2D eigenvalue weighted by Gasteiger charge is 2.35. The number of morpholine rings is 1. The normalized spacial score (nSPS) is 17.6. The van der Waals surface area contributed by atoms with Crippen molar-refractivity contribution in [1.82, 2.24) is 15.0 Å². The van der Waals surface area contributed by atoms with Crippen LogP contribution >= 0.6 is 0 Å². The molecule has 25 heavy (non-hydrogen) atoms. The van der Waals surface area contributed by atoms with Crippen LogP contribution in [0.4, 0.5) is 0 Å². The zero-order valence-corrected chi connectivity index (χ0v) is 14.3. The summed E-state index contributed by atoms with van der Waals surface area (Å²) in [6.45, 7) is 2.70. The van der Waals surface area contributed by atoms with E-state index in [2.05, 4.69) is 5.16 Å². The Bertz CT molecular complexity index is 744. The van der Waals surface area contributed by atoms with Gasteiger partial charge in [0, 0.05) is 19.7 Å². The maximum absolute atomic E-state index is 12.8. The second-order valence-electron chi connectivity index (χ2n) is 6.16. The van der Waals surface area contributed by atoms with Crippen LogP contribution < -0.4 is 0 Å². The van der Waals surface area contributed by atoms with E-state index in [1.807, 2.05) is 30.3 Å². The molecule has 1 aromatic carbocycles. The lowest BCUT2D eigenvalue weighted by atomic mass is 10.1. The molecule has 1 aliphatic heterocycles. The third-order valence-electron chi connectivity index (χ3n) is 4.13. The van der Waals surface area contributed by atoms with Gasteiger partial charge in [-0.1, -0.05) is 35.5 Å². The number of aromatic nitrogens is 1. The van der Waals surface area contributed by atoms with Crippen molar-refractivity contribution in [2.75, 3.05) is 20.3 Å². The van der Waals surface area contributed by atoms with E-state index in [0.717, 1.165) is 5.56 Å². The second-order valence-corrected chi connectivity index (χ2v) is 6.16. The predicted octanol–water partition coefficient (Wildman–Crippen LogP) is 1.37. The molecule has 1 atom stereocenters. The van der Waals surface area contributed by atoms with Crippen molar-refractivity contribution in [2.45, 2.75) is 26.1 Å². The predicted molar refractivity (Wildman–Crippen MR) is 89.3 cm³/mol. The number of hydrogen-bond acceptors (Lipinski definition) is 5. The largest absolute Gasteiger partial charge is 0.369 e. The smallest absolute Gasteiger partial charge is 0.249 e. The van der Waals surface area contributed by atoms with Gasteiger partial charge in [-0.05, 0) is 12.5 Å². The van der Waals surface area contributed by atoms with Gasteiger partial charge in [0.15, 0.2) is 0 Å². The van der Waals surface area contributed by atoms with E-state index in [1.165, 1.54) is 0 Å². The maximum atomic E-state index is 12.8. The SMILES string of the molecule is Cc1cc(CN(C)C(=O)[C@@H]2COCC(=O)N2Cc2ccccc2)no1. The Hall–Kier alpha value is -2.67. The molecule has 0 bridgehead atoms. The summed E-state index contributed by atoms with van der Waals surface area (Å²) >= 11 is 0. The lowest BCUT2D eigenvalue weighted by Gasteiger charge is -2.36. The maximum Gasteiger partial charge on any atom is 0.249 e. The van der Waals surface area contributed by atoms with Gasteiger partial charge < -0.3 is 19.1 Å². The van der Waals surface area contributed by atoms with Crippen LogP contribution in [-0.4, -0.2) is 53.1 Å². The monoisotopic (exact) mass is 343 g/mol. The molecule has 0 aliphatic carbocycles. The highest BCUT2D eigenvalue weighted by molar-refractivity contribution is 5.89. The molecule has 3 rings (SSSR count). The summed E-state index contributed by atoms with van der Waals surface area (Å²) in [5, 5.41) is 3.90. The lowest BCUT2D eigenvalue weighted by molar-refractivity contribution is -0.159. The molecule has 0 saturated carbocycles. The number of likely N-dealkylation sites (N-methyl/N-ethyl adjacent to an activating group) is 1. The number of amides is 2. The van der Waals surface area contributed by atoms with E-state index in [0.29, 0.717) is 24.5 Å². The van der Waals surface area contributed by atoms with Crippen LogP contribution in [0.3, 0.4) is 0 Å². The number of hydrogen-bond donors (Lipinski definition) is 0. The first-order valence-corrected chi connectivity index (χ1v) is 8.13. The van der Waals surface area contributed by atoms with Crippen molar-refractivity contribution >= 4 is 11.8 Å². The molecule has 0 spiro atoms. The minimum atomic E-state index is -0.639. The van der Waals surface area contributed by atoms with E-state index < -0.39 is 6.04 Å². The van der Waals surface area contributed by atoms with E-state index in [4.69, 9.17) is 9.26 Å². The van der Waals surface area contributed by atoms with E-state index in [-0.39, 0.29) is 25.0 Å². The molecular weight excluding hydrogens is 322 g/mol. The molecule has 0 N–H and O–H groups in total. The number of benzene rings is 1. The molecule has 132 valence electrons. The summed E-state index contributed by atoms with van der Waals surface area (Å²) in [6.07, 6.45) is 0. The van der Waals surface area contributed by atoms with Crippen LogP contribution in [0.25, 0.3) is 0 Å². The van der Waals surface area contributed by atoms with E-state index in [1.54, 1.807) is 29.8 Å². The molecule has 2 heterocycles. The van der Waals surface area contributed by atoms with Gasteiger partial charge in [-0.3, -0.25) is 9.59 Å². The van der Waals surface area contributed by atoms with Gasteiger partial charge in [-0.25, -0.2) is 0 Å². The fourth-order valence-electron chi connectivity index (χ4n) is 2.86. The van der Waals surface area contributed by atoms with Crippen molar-refractivity contribution in [2.24, 2.45) is 0 Å². The van der Waals surface area contributed by atoms with Crippen LogP contribution in [0.2, 0.25) is 0 Å².